The Kier molecular flexibility index (Phi) is 3.35. The highest BCUT2D eigenvalue weighted by Crippen LogP contribution is 2.28. The van der Waals surface area contributed by atoms with Gasteiger partial charge < -0.3 is 9.64 Å². The van der Waals surface area contributed by atoms with Crippen LogP contribution >= 0.6 is 0 Å². The predicted octanol–water partition coefficient (Wildman–Crippen LogP) is 2.69. The van der Waals surface area contributed by atoms with Gasteiger partial charge in [-0.05, 0) is 39.8 Å². The third-order valence-electron chi connectivity index (χ3n) is 2.91. The van der Waals surface area contributed by atoms with Crippen LogP contribution in [0.4, 0.5) is 5.69 Å². The lowest BCUT2D eigenvalue weighted by Crippen LogP contribution is -2.44. The zero-order chi connectivity index (χ0) is 14.2. The van der Waals surface area contributed by atoms with Crippen molar-refractivity contribution in [3.05, 3.63) is 29.3 Å². The molecule has 1 amide bonds. The van der Waals surface area contributed by atoms with E-state index in [9.17, 15) is 9.59 Å². The molecule has 1 saturated heterocycles. The second kappa shape index (κ2) is 4.68. The van der Waals surface area contributed by atoms with Crippen LogP contribution in [-0.2, 0) is 9.53 Å². The van der Waals surface area contributed by atoms with Crippen LogP contribution in [0.25, 0.3) is 0 Å². The van der Waals surface area contributed by atoms with Crippen molar-refractivity contribution in [1.29, 1.82) is 0 Å². The Morgan fingerprint density at radius 2 is 2.00 bits per heavy atom. The second-order valence-electron chi connectivity index (χ2n) is 5.82. The summed E-state index contributed by atoms with van der Waals surface area (Å²) in [4.78, 5) is 25.4. The smallest absolute Gasteiger partial charge is 0.340 e. The summed E-state index contributed by atoms with van der Waals surface area (Å²) in [7, 11) is 0. The van der Waals surface area contributed by atoms with Gasteiger partial charge in [-0.25, -0.2) is 4.79 Å². The van der Waals surface area contributed by atoms with Crippen molar-refractivity contribution in [2.24, 2.45) is 0 Å². The van der Waals surface area contributed by atoms with Gasteiger partial charge in [-0.1, -0.05) is 11.6 Å². The first-order valence-electron chi connectivity index (χ1n) is 6.42. The molecule has 0 unspecified atom stereocenters. The van der Waals surface area contributed by atoms with E-state index < -0.39 is 5.60 Å². The number of nitrogens with zero attached hydrogens (tertiary/aromatic N) is 1. The van der Waals surface area contributed by atoms with Gasteiger partial charge in [0, 0.05) is 13.0 Å². The van der Waals surface area contributed by atoms with E-state index in [2.05, 4.69) is 0 Å². The number of ether oxygens (including phenoxy) is 1. The predicted molar refractivity (Wildman–Crippen MR) is 73.3 cm³/mol. The van der Waals surface area contributed by atoms with Crippen LogP contribution in [-0.4, -0.2) is 24.0 Å². The molecule has 1 aliphatic heterocycles. The van der Waals surface area contributed by atoms with Crippen LogP contribution in [0.1, 0.15) is 43.1 Å². The minimum absolute atomic E-state index is 0.0497. The summed E-state index contributed by atoms with van der Waals surface area (Å²) in [6.07, 6.45) is 0.543. The molecule has 19 heavy (non-hydrogen) atoms. The average Bonchev–Trinajstić information content (AvgIpc) is 2.27. The number of aryl methyl sites for hydroxylation is 1. The Bertz CT molecular complexity index is 529. The van der Waals surface area contributed by atoms with Crippen molar-refractivity contribution in [2.45, 2.75) is 39.7 Å². The van der Waals surface area contributed by atoms with Crippen LogP contribution in [0.2, 0.25) is 0 Å². The third kappa shape index (κ3) is 2.95. The molecule has 2 rings (SSSR count). The van der Waals surface area contributed by atoms with E-state index in [0.717, 1.165) is 5.56 Å². The van der Waals surface area contributed by atoms with Gasteiger partial charge in [-0.3, -0.25) is 4.79 Å². The van der Waals surface area contributed by atoms with E-state index in [-0.39, 0.29) is 11.9 Å². The quantitative estimate of drug-likeness (QED) is 0.607. The molecule has 0 N–H and O–H groups in total. The van der Waals surface area contributed by atoms with Gasteiger partial charge in [0.1, 0.15) is 5.60 Å². The Labute approximate surface area is 113 Å². The fourth-order valence-electron chi connectivity index (χ4n) is 1.95. The van der Waals surface area contributed by atoms with Crippen LogP contribution in [0.3, 0.4) is 0 Å². The van der Waals surface area contributed by atoms with Crippen molar-refractivity contribution in [3.63, 3.8) is 0 Å². The van der Waals surface area contributed by atoms with Crippen LogP contribution in [0.15, 0.2) is 18.2 Å². The lowest BCUT2D eigenvalue weighted by molar-refractivity contribution is -0.122. The standard InChI is InChI=1S/C15H19NO3/c1-10-5-6-12(16-8-7-13(16)17)11(9-10)14(18)19-15(2,3)4/h5-6,9H,7-8H2,1-4H3. The monoisotopic (exact) mass is 261 g/mol. The Hall–Kier alpha value is -1.84. The van der Waals surface area contributed by atoms with Crippen LogP contribution in [0, 0.1) is 6.92 Å². The van der Waals surface area contributed by atoms with E-state index in [1.807, 2.05) is 39.8 Å². The summed E-state index contributed by atoms with van der Waals surface area (Å²) < 4.78 is 5.40. The molecule has 102 valence electrons. The highest BCUT2D eigenvalue weighted by atomic mass is 16.6. The maximum Gasteiger partial charge on any atom is 0.340 e. The molecule has 1 aliphatic rings. The molecule has 0 atom stereocenters. The molecule has 4 nitrogen and oxygen atoms in total. The number of amides is 1. The number of carbonyl (C=O) groups is 2. The molecular formula is C15H19NO3. The summed E-state index contributed by atoms with van der Waals surface area (Å²) in [5.74, 6) is -0.334. The number of hydrogen-bond acceptors (Lipinski definition) is 3. The van der Waals surface area contributed by atoms with Crippen molar-refractivity contribution in [1.82, 2.24) is 0 Å². The molecule has 0 radical (unpaired) electrons. The zero-order valence-corrected chi connectivity index (χ0v) is 11.8. The molecule has 1 aromatic carbocycles. The number of hydrogen-bond donors (Lipinski definition) is 0. The van der Waals surface area contributed by atoms with Crippen molar-refractivity contribution in [3.8, 4) is 0 Å². The molecule has 1 fully saturated rings. The number of rotatable bonds is 2. The van der Waals surface area contributed by atoms with Gasteiger partial charge in [-0.2, -0.15) is 0 Å². The normalized spacial score (nSPS) is 15.2. The zero-order valence-electron chi connectivity index (χ0n) is 11.8. The van der Waals surface area contributed by atoms with Crippen molar-refractivity contribution < 1.29 is 14.3 Å². The summed E-state index contributed by atoms with van der Waals surface area (Å²) in [6, 6.07) is 5.48. The van der Waals surface area contributed by atoms with E-state index in [1.54, 1.807) is 11.0 Å². The number of β-lactam (4-membered cyclic amide) rings is 1. The highest BCUT2D eigenvalue weighted by Gasteiger charge is 2.30. The molecule has 4 heteroatoms. The lowest BCUT2D eigenvalue weighted by atomic mass is 10.0. The first-order chi connectivity index (χ1) is 8.78. The SMILES string of the molecule is Cc1ccc(N2CCC2=O)c(C(=O)OC(C)(C)C)c1. The summed E-state index contributed by atoms with van der Waals surface area (Å²) in [5, 5.41) is 0. The lowest BCUT2D eigenvalue weighted by Gasteiger charge is -2.32. The molecular weight excluding hydrogens is 242 g/mol. The van der Waals surface area contributed by atoms with E-state index in [1.165, 1.54) is 0 Å². The minimum Gasteiger partial charge on any atom is -0.456 e. The fraction of sp³-hybridized carbons (Fsp3) is 0.467. The molecule has 0 bridgehead atoms. The molecule has 1 heterocycles. The molecule has 0 spiro atoms. The van der Waals surface area contributed by atoms with Crippen LogP contribution < -0.4 is 4.90 Å². The van der Waals surface area contributed by atoms with Gasteiger partial charge in [0.25, 0.3) is 0 Å². The maximum absolute atomic E-state index is 12.2. The van der Waals surface area contributed by atoms with Gasteiger partial charge in [0.05, 0.1) is 11.3 Å². The second-order valence-corrected chi connectivity index (χ2v) is 5.82. The molecule has 0 saturated carbocycles. The van der Waals surface area contributed by atoms with Gasteiger partial charge in [-0.15, -0.1) is 0 Å². The fourth-order valence-corrected chi connectivity index (χ4v) is 1.95. The van der Waals surface area contributed by atoms with E-state index >= 15 is 0 Å². The Balaban J connectivity index is 2.35. The van der Waals surface area contributed by atoms with Gasteiger partial charge in [0.2, 0.25) is 5.91 Å². The molecule has 0 aromatic heterocycles. The minimum atomic E-state index is -0.545. The summed E-state index contributed by atoms with van der Waals surface area (Å²) in [6.45, 7) is 8.06. The number of esters is 1. The Morgan fingerprint density at radius 1 is 1.32 bits per heavy atom. The number of benzene rings is 1. The number of anilines is 1. The highest BCUT2D eigenvalue weighted by molar-refractivity contribution is 6.06. The first kappa shape index (κ1) is 13.6. The largest absolute Gasteiger partial charge is 0.456 e. The average molecular weight is 261 g/mol. The van der Waals surface area contributed by atoms with Crippen LogP contribution in [0.5, 0.6) is 0 Å². The Morgan fingerprint density at radius 3 is 2.47 bits per heavy atom. The van der Waals surface area contributed by atoms with Gasteiger partial charge in [0.15, 0.2) is 0 Å². The summed E-state index contributed by atoms with van der Waals surface area (Å²) in [5.41, 5.74) is 1.54. The van der Waals surface area contributed by atoms with Crippen molar-refractivity contribution in [2.75, 3.05) is 11.4 Å². The van der Waals surface area contributed by atoms with E-state index in [0.29, 0.717) is 24.2 Å². The first-order valence-corrected chi connectivity index (χ1v) is 6.42. The molecule has 0 aliphatic carbocycles. The number of carbonyl (C=O) groups excluding carboxylic acids is 2. The maximum atomic E-state index is 12.2. The van der Waals surface area contributed by atoms with Gasteiger partial charge >= 0.3 is 5.97 Å². The third-order valence-corrected chi connectivity index (χ3v) is 2.91. The topological polar surface area (TPSA) is 46.6 Å². The molecule has 1 aromatic rings. The van der Waals surface area contributed by atoms with E-state index in [4.69, 9.17) is 4.74 Å². The summed E-state index contributed by atoms with van der Waals surface area (Å²) >= 11 is 0. The van der Waals surface area contributed by atoms with Crippen molar-refractivity contribution >= 4 is 17.6 Å².